The van der Waals surface area contributed by atoms with E-state index < -0.39 is 34.6 Å². The zero-order chi connectivity index (χ0) is 35.5. The summed E-state index contributed by atoms with van der Waals surface area (Å²) in [6, 6.07) is 6.53. The Morgan fingerprint density at radius 1 is 1.02 bits per heavy atom. The van der Waals surface area contributed by atoms with Crippen LogP contribution in [0.4, 0.5) is 5.69 Å². The number of fused-ring (bicyclic) bond motifs is 1. The zero-order valence-electron chi connectivity index (χ0n) is 30.4. The monoisotopic (exact) mass is 665 g/mol. The van der Waals surface area contributed by atoms with Gasteiger partial charge in [0.15, 0.2) is 0 Å². The van der Waals surface area contributed by atoms with Crippen LogP contribution in [0.15, 0.2) is 49.6 Å². The molecule has 1 N–H and O–H groups in total. The number of carbonyl (C=O) groups is 3. The summed E-state index contributed by atoms with van der Waals surface area (Å²) < 4.78 is 12.7. The molecule has 0 aliphatic carbocycles. The second kappa shape index (κ2) is 14.8. The van der Waals surface area contributed by atoms with Crippen LogP contribution in [-0.4, -0.2) is 88.3 Å². The fourth-order valence-electron chi connectivity index (χ4n) is 9.00. The van der Waals surface area contributed by atoms with Gasteiger partial charge in [-0.05, 0) is 95.4 Å². The van der Waals surface area contributed by atoms with Crippen molar-refractivity contribution in [1.29, 1.82) is 0 Å². The molecule has 3 fully saturated rings. The number of hydrogen-bond acceptors (Lipinski definition) is 6. The van der Waals surface area contributed by atoms with E-state index in [2.05, 4.69) is 47.8 Å². The van der Waals surface area contributed by atoms with Crippen molar-refractivity contribution in [2.24, 2.45) is 17.3 Å². The first kappa shape index (κ1) is 37.6. The van der Waals surface area contributed by atoms with Gasteiger partial charge in [-0.2, -0.15) is 0 Å². The molecule has 1 aromatic carbocycles. The van der Waals surface area contributed by atoms with Gasteiger partial charge in [0.25, 0.3) is 0 Å². The molecule has 266 valence electrons. The standard InChI is InChI=1S/C39H59N3O6/c1-10-23-40(28-17-19-29(20-18-28)47-13-4)33(44)30-31-34(45)41(25-15-14-16-26-43)32(39(31)22-21-38(30,12-3)48-39)35(46)42(24-11-2)37(8,9)27-36(5,6)7/h10-11,17-20,30-32,43H,1-2,12-16,21-27H2,3-9H3/t30-,31+,32?,38+,39?/m1/s1. The first-order chi connectivity index (χ1) is 22.7. The van der Waals surface area contributed by atoms with Gasteiger partial charge in [0.05, 0.1) is 24.0 Å². The third-order valence-electron chi connectivity index (χ3n) is 10.5. The third-order valence-corrected chi connectivity index (χ3v) is 10.5. The smallest absolute Gasteiger partial charge is 0.249 e. The molecule has 3 saturated heterocycles. The number of unbranched alkanes of at least 4 members (excludes halogenated alkanes) is 2. The number of amides is 3. The minimum Gasteiger partial charge on any atom is -0.494 e. The fourth-order valence-corrected chi connectivity index (χ4v) is 9.00. The summed E-state index contributed by atoms with van der Waals surface area (Å²) in [5.74, 6) is -1.38. The highest BCUT2D eigenvalue weighted by Crippen LogP contribution is 2.65. The maximum Gasteiger partial charge on any atom is 0.249 e. The van der Waals surface area contributed by atoms with Crippen LogP contribution < -0.4 is 9.64 Å². The van der Waals surface area contributed by atoms with Crippen LogP contribution in [0, 0.1) is 17.3 Å². The normalized spacial score (nSPS) is 26.4. The first-order valence-electron chi connectivity index (χ1n) is 17.9. The summed E-state index contributed by atoms with van der Waals surface area (Å²) in [6.07, 6.45) is 7.81. The van der Waals surface area contributed by atoms with Crippen molar-refractivity contribution in [3.63, 3.8) is 0 Å². The Bertz CT molecular complexity index is 1340. The second-order valence-corrected chi connectivity index (χ2v) is 15.6. The van der Waals surface area contributed by atoms with Crippen LogP contribution in [0.25, 0.3) is 0 Å². The third kappa shape index (κ3) is 6.95. The lowest BCUT2D eigenvalue weighted by Crippen LogP contribution is -2.61. The van der Waals surface area contributed by atoms with Gasteiger partial charge in [0.1, 0.15) is 17.4 Å². The molecule has 5 atom stereocenters. The number of nitrogens with zero attached hydrogens (tertiary/aromatic N) is 3. The Balaban J connectivity index is 1.81. The molecule has 3 amide bonds. The Morgan fingerprint density at radius 3 is 2.25 bits per heavy atom. The van der Waals surface area contributed by atoms with Crippen molar-refractivity contribution < 1.29 is 29.0 Å². The van der Waals surface area contributed by atoms with Crippen molar-refractivity contribution in [1.82, 2.24) is 9.80 Å². The number of carbonyl (C=O) groups excluding carboxylic acids is 3. The van der Waals surface area contributed by atoms with E-state index in [4.69, 9.17) is 9.47 Å². The molecule has 48 heavy (non-hydrogen) atoms. The van der Waals surface area contributed by atoms with Crippen molar-refractivity contribution in [3.05, 3.63) is 49.6 Å². The summed E-state index contributed by atoms with van der Waals surface area (Å²) >= 11 is 0. The fraction of sp³-hybridized carbons (Fsp3) is 0.667. The molecule has 2 bridgehead atoms. The molecule has 9 heteroatoms. The molecule has 0 saturated carbocycles. The number of rotatable bonds is 17. The van der Waals surface area contributed by atoms with Gasteiger partial charge in [0, 0.05) is 37.5 Å². The Hall–Kier alpha value is -3.17. The van der Waals surface area contributed by atoms with Gasteiger partial charge in [-0.15, -0.1) is 13.2 Å². The molecular weight excluding hydrogens is 606 g/mol. The molecule has 3 heterocycles. The highest BCUT2D eigenvalue weighted by molar-refractivity contribution is 6.03. The number of aliphatic hydroxyl groups is 1. The average molecular weight is 666 g/mol. The highest BCUT2D eigenvalue weighted by Gasteiger charge is 2.79. The average Bonchev–Trinajstić information content (AvgIpc) is 3.63. The van der Waals surface area contributed by atoms with Crippen molar-refractivity contribution >= 4 is 23.4 Å². The molecular formula is C39H59N3O6. The summed E-state index contributed by atoms with van der Waals surface area (Å²) in [6.45, 7) is 24.0. The van der Waals surface area contributed by atoms with E-state index in [-0.39, 0.29) is 36.3 Å². The van der Waals surface area contributed by atoms with Crippen molar-refractivity contribution in [2.45, 2.75) is 116 Å². The van der Waals surface area contributed by atoms with Gasteiger partial charge in [0.2, 0.25) is 17.7 Å². The summed E-state index contributed by atoms with van der Waals surface area (Å²) in [4.78, 5) is 50.1. The van der Waals surface area contributed by atoms with E-state index in [1.807, 2.05) is 43.0 Å². The molecule has 0 aromatic heterocycles. The van der Waals surface area contributed by atoms with E-state index in [1.165, 1.54) is 0 Å². The van der Waals surface area contributed by atoms with Gasteiger partial charge in [-0.1, -0.05) is 39.8 Å². The number of ether oxygens (including phenoxy) is 2. The quantitative estimate of drug-likeness (QED) is 0.158. The van der Waals surface area contributed by atoms with Crippen LogP contribution in [0.5, 0.6) is 5.75 Å². The first-order valence-corrected chi connectivity index (χ1v) is 17.9. The van der Waals surface area contributed by atoms with Crippen LogP contribution >= 0.6 is 0 Å². The molecule has 3 aliphatic rings. The van der Waals surface area contributed by atoms with E-state index in [1.54, 1.807) is 22.0 Å². The Kier molecular flexibility index (Phi) is 11.6. The molecule has 3 aliphatic heterocycles. The maximum absolute atomic E-state index is 15.1. The number of anilines is 1. The summed E-state index contributed by atoms with van der Waals surface area (Å²) in [7, 11) is 0. The lowest BCUT2D eigenvalue weighted by Gasteiger charge is -2.45. The Morgan fingerprint density at radius 2 is 1.69 bits per heavy atom. The molecule has 4 rings (SSSR count). The second-order valence-electron chi connectivity index (χ2n) is 15.6. The number of aliphatic hydroxyl groups excluding tert-OH is 1. The minimum absolute atomic E-state index is 0.0545. The molecule has 1 aromatic rings. The zero-order valence-corrected chi connectivity index (χ0v) is 30.4. The largest absolute Gasteiger partial charge is 0.494 e. The number of likely N-dealkylation sites (tertiary alicyclic amines) is 1. The number of benzene rings is 1. The lowest BCUT2D eigenvalue weighted by atomic mass is 9.64. The number of hydrogen-bond donors (Lipinski definition) is 1. The topological polar surface area (TPSA) is 99.6 Å². The molecule has 1 spiro atoms. The highest BCUT2D eigenvalue weighted by atomic mass is 16.5. The summed E-state index contributed by atoms with van der Waals surface area (Å²) in [5.41, 5.74) is -1.90. The van der Waals surface area contributed by atoms with Gasteiger partial charge in [-0.3, -0.25) is 14.4 Å². The van der Waals surface area contributed by atoms with E-state index in [0.717, 1.165) is 12.8 Å². The summed E-state index contributed by atoms with van der Waals surface area (Å²) in [5, 5.41) is 9.44. The van der Waals surface area contributed by atoms with Gasteiger partial charge in [-0.25, -0.2) is 0 Å². The molecule has 0 radical (unpaired) electrons. The van der Waals surface area contributed by atoms with E-state index in [9.17, 15) is 14.7 Å². The predicted octanol–water partition coefficient (Wildman–Crippen LogP) is 6.15. The van der Waals surface area contributed by atoms with Crippen molar-refractivity contribution in [2.75, 3.05) is 37.7 Å². The van der Waals surface area contributed by atoms with Crippen LogP contribution in [0.2, 0.25) is 0 Å². The van der Waals surface area contributed by atoms with Crippen LogP contribution in [0.1, 0.15) is 93.4 Å². The maximum atomic E-state index is 15.1. The predicted molar refractivity (Wildman–Crippen MR) is 190 cm³/mol. The van der Waals surface area contributed by atoms with Crippen molar-refractivity contribution in [3.8, 4) is 5.75 Å². The van der Waals surface area contributed by atoms with E-state index >= 15 is 4.79 Å². The SMILES string of the molecule is C=CCN(C(=O)[C@H]1[C@H]2C(=O)N(CCCCCO)C(C(=O)N(CC=C)C(C)(C)CC(C)(C)C)C23CC[C@]1(CC)O3)c1ccc(OCC)cc1. The molecule has 9 nitrogen and oxygen atoms in total. The van der Waals surface area contributed by atoms with Gasteiger partial charge < -0.3 is 29.3 Å². The van der Waals surface area contributed by atoms with Crippen LogP contribution in [0.3, 0.4) is 0 Å². The van der Waals surface area contributed by atoms with E-state index in [0.29, 0.717) is 63.2 Å². The Labute approximate surface area is 288 Å². The minimum atomic E-state index is -1.13. The van der Waals surface area contributed by atoms with Crippen LogP contribution in [-0.2, 0) is 19.1 Å². The lowest BCUT2D eigenvalue weighted by molar-refractivity contribution is -0.157. The van der Waals surface area contributed by atoms with Gasteiger partial charge >= 0.3 is 0 Å². The molecule has 2 unspecified atom stereocenters.